The normalized spacial score (nSPS) is 12.1. The number of carbonyl (C=O) groups is 1. The molecular formula is C14H15NO4. The Morgan fingerprint density at radius 2 is 2.21 bits per heavy atom. The largest absolute Gasteiger partial charge is 0.463 e. The second-order valence-electron chi connectivity index (χ2n) is 3.97. The zero-order valence-electron chi connectivity index (χ0n) is 10.8. The van der Waals surface area contributed by atoms with Crippen molar-refractivity contribution >= 4 is 5.97 Å². The Morgan fingerprint density at radius 3 is 2.89 bits per heavy atom. The quantitative estimate of drug-likeness (QED) is 0.774. The average molecular weight is 261 g/mol. The molecule has 1 unspecified atom stereocenters. The van der Waals surface area contributed by atoms with Crippen molar-refractivity contribution in [1.82, 2.24) is 4.98 Å². The van der Waals surface area contributed by atoms with Crippen molar-refractivity contribution < 1.29 is 18.7 Å². The summed E-state index contributed by atoms with van der Waals surface area (Å²) in [5.41, 5.74) is 0.842. The third kappa shape index (κ3) is 3.42. The molecule has 2 heterocycles. The van der Waals surface area contributed by atoms with Crippen LogP contribution >= 0.6 is 0 Å². The molecule has 0 amide bonds. The second kappa shape index (κ2) is 6.15. The summed E-state index contributed by atoms with van der Waals surface area (Å²) in [5, 5.41) is 0. The molecule has 5 nitrogen and oxygen atoms in total. The van der Waals surface area contributed by atoms with Gasteiger partial charge in [0.1, 0.15) is 11.9 Å². The molecule has 5 heteroatoms. The van der Waals surface area contributed by atoms with Gasteiger partial charge in [-0.3, -0.25) is 4.98 Å². The number of pyridine rings is 1. The monoisotopic (exact) mass is 261 g/mol. The number of rotatable bonds is 5. The average Bonchev–Trinajstić information content (AvgIpc) is 2.95. The van der Waals surface area contributed by atoms with Gasteiger partial charge in [0.05, 0.1) is 19.4 Å². The van der Waals surface area contributed by atoms with E-state index in [1.54, 1.807) is 18.3 Å². The fourth-order valence-electron chi connectivity index (χ4n) is 1.56. The second-order valence-corrected chi connectivity index (χ2v) is 3.97. The van der Waals surface area contributed by atoms with Crippen LogP contribution in [-0.2, 0) is 16.1 Å². The Kier molecular flexibility index (Phi) is 4.30. The molecule has 0 aromatic carbocycles. The van der Waals surface area contributed by atoms with Crippen molar-refractivity contribution in [3.8, 4) is 0 Å². The Morgan fingerprint density at radius 1 is 1.37 bits per heavy atom. The van der Waals surface area contributed by atoms with Crippen molar-refractivity contribution in [3.63, 3.8) is 0 Å². The standard InChI is InChI=1S/C14H15NO4/c1-10(18-9-11-5-3-4-8-15-11)12-6-7-13(19-12)14(16)17-2/h3-8,10H,9H2,1-2H3. The molecule has 0 aliphatic rings. The van der Waals surface area contributed by atoms with E-state index in [1.165, 1.54) is 7.11 Å². The number of methoxy groups -OCH3 is 1. The summed E-state index contributed by atoms with van der Waals surface area (Å²) in [6.45, 7) is 2.24. The first-order valence-corrected chi connectivity index (χ1v) is 5.90. The molecule has 0 N–H and O–H groups in total. The highest BCUT2D eigenvalue weighted by atomic mass is 16.5. The zero-order valence-corrected chi connectivity index (χ0v) is 10.8. The topological polar surface area (TPSA) is 61.6 Å². The first-order chi connectivity index (χ1) is 9.20. The first kappa shape index (κ1) is 13.3. The third-order valence-corrected chi connectivity index (χ3v) is 2.62. The number of hydrogen-bond donors (Lipinski definition) is 0. The van der Waals surface area contributed by atoms with Crippen LogP contribution in [0.5, 0.6) is 0 Å². The summed E-state index contributed by atoms with van der Waals surface area (Å²) >= 11 is 0. The summed E-state index contributed by atoms with van der Waals surface area (Å²) < 4.78 is 15.6. The van der Waals surface area contributed by atoms with E-state index in [-0.39, 0.29) is 11.9 Å². The lowest BCUT2D eigenvalue weighted by Gasteiger charge is -2.09. The fourth-order valence-corrected chi connectivity index (χ4v) is 1.56. The smallest absolute Gasteiger partial charge is 0.373 e. The molecule has 19 heavy (non-hydrogen) atoms. The number of aromatic nitrogens is 1. The van der Waals surface area contributed by atoms with E-state index in [0.717, 1.165) is 5.69 Å². The zero-order chi connectivity index (χ0) is 13.7. The molecule has 2 aromatic heterocycles. The Hall–Kier alpha value is -2.14. The highest BCUT2D eigenvalue weighted by Crippen LogP contribution is 2.21. The van der Waals surface area contributed by atoms with Crippen LogP contribution in [0.2, 0.25) is 0 Å². The van der Waals surface area contributed by atoms with Crippen LogP contribution in [0.15, 0.2) is 40.9 Å². The number of hydrogen-bond acceptors (Lipinski definition) is 5. The molecule has 100 valence electrons. The van der Waals surface area contributed by atoms with Crippen LogP contribution in [0, 0.1) is 0 Å². The van der Waals surface area contributed by atoms with Gasteiger partial charge in [0, 0.05) is 6.20 Å². The number of carbonyl (C=O) groups excluding carboxylic acids is 1. The van der Waals surface area contributed by atoms with Gasteiger partial charge >= 0.3 is 5.97 Å². The summed E-state index contributed by atoms with van der Waals surface area (Å²) in [4.78, 5) is 15.4. The molecule has 0 saturated heterocycles. The third-order valence-electron chi connectivity index (χ3n) is 2.62. The van der Waals surface area contributed by atoms with Crippen LogP contribution in [0.25, 0.3) is 0 Å². The summed E-state index contributed by atoms with van der Waals surface area (Å²) in [6, 6.07) is 8.91. The van der Waals surface area contributed by atoms with Crippen molar-refractivity contribution in [3.05, 3.63) is 53.7 Å². The molecule has 0 saturated carbocycles. The molecular weight excluding hydrogens is 246 g/mol. The van der Waals surface area contributed by atoms with Crippen molar-refractivity contribution in [2.75, 3.05) is 7.11 Å². The van der Waals surface area contributed by atoms with Crippen LogP contribution in [0.1, 0.15) is 35.0 Å². The van der Waals surface area contributed by atoms with E-state index in [9.17, 15) is 4.79 Å². The molecule has 1 atom stereocenters. The Bertz CT molecular complexity index is 535. The van der Waals surface area contributed by atoms with E-state index in [0.29, 0.717) is 12.4 Å². The summed E-state index contributed by atoms with van der Waals surface area (Å²) in [5.74, 6) is 0.255. The van der Waals surface area contributed by atoms with Crippen molar-refractivity contribution in [2.45, 2.75) is 19.6 Å². The highest BCUT2D eigenvalue weighted by molar-refractivity contribution is 5.86. The van der Waals surface area contributed by atoms with Gasteiger partial charge in [-0.05, 0) is 31.2 Å². The van der Waals surface area contributed by atoms with Gasteiger partial charge in [-0.15, -0.1) is 0 Å². The lowest BCUT2D eigenvalue weighted by atomic mass is 10.3. The molecule has 0 bridgehead atoms. The van der Waals surface area contributed by atoms with Crippen LogP contribution in [0.4, 0.5) is 0 Å². The minimum atomic E-state index is -0.497. The minimum Gasteiger partial charge on any atom is -0.463 e. The van der Waals surface area contributed by atoms with E-state index >= 15 is 0 Å². The SMILES string of the molecule is COC(=O)c1ccc(C(C)OCc2ccccn2)o1. The molecule has 2 aromatic rings. The minimum absolute atomic E-state index is 0.172. The van der Waals surface area contributed by atoms with Gasteiger partial charge < -0.3 is 13.9 Å². The molecule has 0 radical (unpaired) electrons. The summed E-state index contributed by atoms with van der Waals surface area (Å²) in [7, 11) is 1.31. The molecule has 2 rings (SSSR count). The Balaban J connectivity index is 1.94. The fraction of sp³-hybridized carbons (Fsp3) is 0.286. The van der Waals surface area contributed by atoms with Crippen molar-refractivity contribution in [1.29, 1.82) is 0 Å². The van der Waals surface area contributed by atoms with Gasteiger partial charge in [-0.25, -0.2) is 4.79 Å². The van der Waals surface area contributed by atoms with Gasteiger partial charge in [-0.1, -0.05) is 6.07 Å². The maximum Gasteiger partial charge on any atom is 0.373 e. The van der Waals surface area contributed by atoms with E-state index in [2.05, 4.69) is 9.72 Å². The Labute approximate surface area is 111 Å². The number of ether oxygens (including phenoxy) is 2. The van der Waals surface area contributed by atoms with Crippen LogP contribution in [-0.4, -0.2) is 18.1 Å². The maximum absolute atomic E-state index is 11.3. The summed E-state index contributed by atoms with van der Waals surface area (Å²) in [6.07, 6.45) is 1.45. The highest BCUT2D eigenvalue weighted by Gasteiger charge is 2.15. The number of furan rings is 1. The molecule has 0 fully saturated rings. The lowest BCUT2D eigenvalue weighted by Crippen LogP contribution is -2.01. The van der Waals surface area contributed by atoms with Gasteiger partial charge in [-0.2, -0.15) is 0 Å². The predicted octanol–water partition coefficient (Wildman–Crippen LogP) is 2.74. The first-order valence-electron chi connectivity index (χ1n) is 5.90. The van der Waals surface area contributed by atoms with Gasteiger partial charge in [0.2, 0.25) is 5.76 Å². The molecule has 0 aliphatic carbocycles. The van der Waals surface area contributed by atoms with Gasteiger partial charge in [0.15, 0.2) is 0 Å². The predicted molar refractivity (Wildman–Crippen MR) is 67.5 cm³/mol. The van der Waals surface area contributed by atoms with E-state index in [1.807, 2.05) is 25.1 Å². The molecule has 0 spiro atoms. The maximum atomic E-state index is 11.3. The van der Waals surface area contributed by atoms with Gasteiger partial charge in [0.25, 0.3) is 0 Å². The van der Waals surface area contributed by atoms with Crippen LogP contribution < -0.4 is 0 Å². The number of esters is 1. The number of nitrogens with zero attached hydrogens (tertiary/aromatic N) is 1. The van der Waals surface area contributed by atoms with E-state index < -0.39 is 5.97 Å². The van der Waals surface area contributed by atoms with Crippen LogP contribution in [0.3, 0.4) is 0 Å². The lowest BCUT2D eigenvalue weighted by molar-refractivity contribution is 0.0334. The van der Waals surface area contributed by atoms with Crippen molar-refractivity contribution in [2.24, 2.45) is 0 Å². The van der Waals surface area contributed by atoms with E-state index in [4.69, 9.17) is 9.15 Å². The molecule has 0 aliphatic heterocycles.